The van der Waals surface area contributed by atoms with Crippen LogP contribution < -0.4 is 23.7 Å². The van der Waals surface area contributed by atoms with Crippen molar-refractivity contribution in [3.05, 3.63) is 98.2 Å². The van der Waals surface area contributed by atoms with Crippen LogP contribution in [0.3, 0.4) is 0 Å². The molecule has 0 saturated heterocycles. The van der Waals surface area contributed by atoms with Gasteiger partial charge in [0.15, 0.2) is 11.5 Å². The minimum absolute atomic E-state index is 0.00122. The maximum Gasteiger partial charge on any atom is 0.339 e. The number of rotatable bonds is 11. The summed E-state index contributed by atoms with van der Waals surface area (Å²) in [5.41, 5.74) is 0.368. The Morgan fingerprint density at radius 2 is 1.05 bits per heavy atom. The van der Waals surface area contributed by atoms with E-state index in [2.05, 4.69) is 26.3 Å². The summed E-state index contributed by atoms with van der Waals surface area (Å²) in [4.78, 5) is 59.3. The van der Waals surface area contributed by atoms with Crippen LogP contribution >= 0.6 is 0 Å². The third kappa shape index (κ3) is 8.61. The largest absolute Gasteiger partial charge is 0.423 e. The Balaban J connectivity index is 2.38. The quantitative estimate of drug-likeness (QED) is 0.244. The number of carbonyl (C=O) groups is 5. The molecule has 38 heavy (non-hydrogen) atoms. The van der Waals surface area contributed by atoms with Crippen LogP contribution in [0.5, 0.6) is 28.7 Å². The van der Waals surface area contributed by atoms with Crippen molar-refractivity contribution in [2.75, 3.05) is 0 Å². The van der Waals surface area contributed by atoms with E-state index in [0.717, 1.165) is 24.3 Å². The van der Waals surface area contributed by atoms with Crippen LogP contribution in [0.1, 0.15) is 12.5 Å². The van der Waals surface area contributed by atoms with Gasteiger partial charge in [-0.3, -0.25) is 0 Å². The van der Waals surface area contributed by atoms with E-state index in [1.54, 1.807) is 0 Å². The molecule has 0 heterocycles. The van der Waals surface area contributed by atoms with Crippen molar-refractivity contribution >= 4 is 35.9 Å². The monoisotopic (exact) mass is 518 g/mol. The maximum absolute atomic E-state index is 12.8. The zero-order valence-corrected chi connectivity index (χ0v) is 20.3. The SMILES string of the molecule is C=CC(=O)Oc1cc(C=C(C)C(=O)Oc2ccc(OC(=O)C=C)cc2OC(=O)C=C)cc(OC(=O)C=C)c1. The zero-order valence-electron chi connectivity index (χ0n) is 20.3. The molecular formula is C28H22O10. The summed E-state index contributed by atoms with van der Waals surface area (Å²) < 4.78 is 25.6. The molecular weight excluding hydrogens is 496 g/mol. The molecule has 0 amide bonds. The lowest BCUT2D eigenvalue weighted by molar-refractivity contribution is -0.132. The van der Waals surface area contributed by atoms with Gasteiger partial charge in [0, 0.05) is 42.0 Å². The fraction of sp³-hybridized carbons (Fsp3) is 0.0357. The maximum atomic E-state index is 12.8. The van der Waals surface area contributed by atoms with Gasteiger partial charge in [0.2, 0.25) is 0 Å². The van der Waals surface area contributed by atoms with Crippen LogP contribution in [0.15, 0.2) is 92.6 Å². The van der Waals surface area contributed by atoms with Crippen LogP contribution in [0.2, 0.25) is 0 Å². The molecule has 2 aromatic carbocycles. The predicted octanol–water partition coefficient (Wildman–Crippen LogP) is 4.06. The van der Waals surface area contributed by atoms with Crippen LogP contribution in [0.25, 0.3) is 6.08 Å². The Bertz CT molecular complexity index is 1320. The van der Waals surface area contributed by atoms with Gasteiger partial charge in [0.05, 0.1) is 0 Å². The molecule has 0 spiro atoms. The first-order chi connectivity index (χ1) is 18.1. The van der Waals surface area contributed by atoms with Crippen LogP contribution in [-0.2, 0) is 24.0 Å². The highest BCUT2D eigenvalue weighted by molar-refractivity contribution is 5.95. The summed E-state index contributed by atoms with van der Waals surface area (Å²) in [6.45, 7) is 14.7. The third-order valence-corrected chi connectivity index (χ3v) is 4.26. The molecule has 0 N–H and O–H groups in total. The van der Waals surface area contributed by atoms with E-state index in [0.29, 0.717) is 5.56 Å². The fourth-order valence-corrected chi connectivity index (χ4v) is 2.62. The van der Waals surface area contributed by atoms with Crippen molar-refractivity contribution in [1.29, 1.82) is 0 Å². The lowest BCUT2D eigenvalue weighted by Crippen LogP contribution is -2.12. The summed E-state index contributed by atoms with van der Waals surface area (Å²) in [5.74, 6) is -4.33. The van der Waals surface area contributed by atoms with E-state index in [9.17, 15) is 24.0 Å². The summed E-state index contributed by atoms with van der Waals surface area (Å²) in [6.07, 6.45) is 5.09. The average Bonchev–Trinajstić information content (AvgIpc) is 2.89. The third-order valence-electron chi connectivity index (χ3n) is 4.26. The summed E-state index contributed by atoms with van der Waals surface area (Å²) >= 11 is 0. The molecule has 0 fully saturated rings. The van der Waals surface area contributed by atoms with E-state index >= 15 is 0 Å². The molecule has 194 valence electrons. The molecule has 0 bridgehead atoms. The van der Waals surface area contributed by atoms with Crippen LogP contribution in [-0.4, -0.2) is 29.8 Å². The highest BCUT2D eigenvalue weighted by Gasteiger charge is 2.17. The normalized spacial score (nSPS) is 10.3. The molecule has 0 aliphatic carbocycles. The van der Waals surface area contributed by atoms with E-state index in [4.69, 9.17) is 23.7 Å². The first kappa shape index (κ1) is 28.7. The number of benzene rings is 2. The van der Waals surface area contributed by atoms with Crippen molar-refractivity contribution in [3.8, 4) is 28.7 Å². The standard InChI is InChI=1S/C28H22O10/c1-6-24(29)34-19-10-11-22(23(16-19)37-27(32)9-4)38-28(33)17(5)12-18-13-20(35-25(30)7-2)15-21(14-18)36-26(31)8-3/h6-16H,1-4H2,5H3. The van der Waals surface area contributed by atoms with E-state index < -0.39 is 29.8 Å². The highest BCUT2D eigenvalue weighted by atomic mass is 16.6. The lowest BCUT2D eigenvalue weighted by atomic mass is 10.1. The lowest BCUT2D eigenvalue weighted by Gasteiger charge is -2.12. The number of hydrogen-bond donors (Lipinski definition) is 0. The number of ether oxygens (including phenoxy) is 5. The molecule has 10 heteroatoms. The second kappa shape index (κ2) is 13.5. The Labute approximate surface area is 217 Å². The molecule has 0 saturated carbocycles. The fourth-order valence-electron chi connectivity index (χ4n) is 2.62. The van der Waals surface area contributed by atoms with Crippen molar-refractivity contribution < 1.29 is 47.7 Å². The molecule has 10 nitrogen and oxygen atoms in total. The summed E-state index contributed by atoms with van der Waals surface area (Å²) in [6, 6.07) is 7.83. The second-order valence-corrected chi connectivity index (χ2v) is 7.06. The van der Waals surface area contributed by atoms with E-state index in [-0.39, 0.29) is 34.3 Å². The smallest absolute Gasteiger partial charge is 0.339 e. The minimum atomic E-state index is -0.853. The van der Waals surface area contributed by atoms with Gasteiger partial charge in [-0.2, -0.15) is 0 Å². The van der Waals surface area contributed by atoms with Gasteiger partial charge < -0.3 is 23.7 Å². The highest BCUT2D eigenvalue weighted by Crippen LogP contribution is 2.33. The van der Waals surface area contributed by atoms with E-state index in [1.807, 2.05) is 0 Å². The van der Waals surface area contributed by atoms with Crippen molar-refractivity contribution in [2.24, 2.45) is 0 Å². The average molecular weight is 518 g/mol. The van der Waals surface area contributed by atoms with E-state index in [1.165, 1.54) is 49.4 Å². The molecule has 0 aliphatic rings. The molecule has 0 unspecified atom stereocenters. The molecule has 2 rings (SSSR count). The van der Waals surface area contributed by atoms with Crippen LogP contribution in [0.4, 0.5) is 0 Å². The number of esters is 5. The topological polar surface area (TPSA) is 132 Å². The van der Waals surface area contributed by atoms with Crippen molar-refractivity contribution in [2.45, 2.75) is 6.92 Å². The van der Waals surface area contributed by atoms with Gasteiger partial charge in [0.1, 0.15) is 17.2 Å². The number of hydrogen-bond acceptors (Lipinski definition) is 10. The van der Waals surface area contributed by atoms with Gasteiger partial charge in [-0.1, -0.05) is 26.3 Å². The second-order valence-electron chi connectivity index (χ2n) is 7.06. The Morgan fingerprint density at radius 3 is 1.55 bits per heavy atom. The van der Waals surface area contributed by atoms with Crippen LogP contribution in [0, 0.1) is 0 Å². The first-order valence-corrected chi connectivity index (χ1v) is 10.6. The zero-order chi connectivity index (χ0) is 28.2. The molecule has 0 aromatic heterocycles. The Hall–Kier alpha value is -5.51. The summed E-state index contributed by atoms with van der Waals surface area (Å²) in [5, 5.41) is 0. The number of carbonyl (C=O) groups excluding carboxylic acids is 5. The van der Waals surface area contributed by atoms with Gasteiger partial charge in [-0.15, -0.1) is 0 Å². The van der Waals surface area contributed by atoms with Gasteiger partial charge in [-0.05, 0) is 42.8 Å². The molecule has 0 atom stereocenters. The van der Waals surface area contributed by atoms with Crippen molar-refractivity contribution in [3.63, 3.8) is 0 Å². The first-order valence-electron chi connectivity index (χ1n) is 10.6. The molecule has 2 aromatic rings. The van der Waals surface area contributed by atoms with Gasteiger partial charge in [0.25, 0.3) is 0 Å². The summed E-state index contributed by atoms with van der Waals surface area (Å²) in [7, 11) is 0. The van der Waals surface area contributed by atoms with Crippen molar-refractivity contribution in [1.82, 2.24) is 0 Å². The van der Waals surface area contributed by atoms with Gasteiger partial charge in [-0.25, -0.2) is 24.0 Å². The molecule has 0 radical (unpaired) electrons. The Kier molecular flexibility index (Phi) is 10.2. The minimum Gasteiger partial charge on any atom is -0.423 e. The molecule has 0 aliphatic heterocycles. The van der Waals surface area contributed by atoms with Gasteiger partial charge >= 0.3 is 29.8 Å². The Morgan fingerprint density at radius 1 is 0.579 bits per heavy atom. The predicted molar refractivity (Wildman–Crippen MR) is 135 cm³/mol.